The van der Waals surface area contributed by atoms with Gasteiger partial charge < -0.3 is 19.7 Å². The first kappa shape index (κ1) is 13.7. The number of nitrogens with zero attached hydrogens (tertiary/aromatic N) is 1. The second-order valence-electron chi connectivity index (χ2n) is 5.22. The van der Waals surface area contributed by atoms with Crippen molar-refractivity contribution in [1.82, 2.24) is 4.90 Å². The highest BCUT2D eigenvalue weighted by molar-refractivity contribution is 6.07. The van der Waals surface area contributed by atoms with E-state index in [1.165, 1.54) is 4.90 Å². The van der Waals surface area contributed by atoms with Crippen molar-refractivity contribution in [2.24, 2.45) is 11.8 Å². The van der Waals surface area contributed by atoms with Gasteiger partial charge in [0.2, 0.25) is 11.8 Å². The monoisotopic (exact) mass is 283 g/mol. The van der Waals surface area contributed by atoms with Crippen LogP contribution in [-0.4, -0.2) is 71.6 Å². The number of carbonyl (C=O) groups is 2. The molecule has 0 radical (unpaired) electrons. The van der Waals surface area contributed by atoms with Gasteiger partial charge in [0, 0.05) is 0 Å². The van der Waals surface area contributed by atoms with E-state index in [4.69, 9.17) is 14.6 Å². The average molecular weight is 283 g/mol. The SMILES string of the molecule is O=C1C2C3C=CC(CO)(O3)C2C(=O)N1CCOCCO. The van der Waals surface area contributed by atoms with Crippen LogP contribution in [0.3, 0.4) is 0 Å². The molecule has 7 heteroatoms. The summed E-state index contributed by atoms with van der Waals surface area (Å²) < 4.78 is 10.7. The van der Waals surface area contributed by atoms with Crippen LogP contribution in [0.4, 0.5) is 0 Å². The Balaban J connectivity index is 1.73. The summed E-state index contributed by atoms with van der Waals surface area (Å²) in [4.78, 5) is 25.9. The highest BCUT2D eigenvalue weighted by atomic mass is 16.5. The molecule has 0 spiro atoms. The Labute approximate surface area is 115 Å². The van der Waals surface area contributed by atoms with Crippen molar-refractivity contribution in [3.8, 4) is 0 Å². The van der Waals surface area contributed by atoms with E-state index < -0.39 is 23.5 Å². The smallest absolute Gasteiger partial charge is 0.236 e. The molecule has 3 aliphatic heterocycles. The van der Waals surface area contributed by atoms with Crippen molar-refractivity contribution >= 4 is 11.8 Å². The molecule has 20 heavy (non-hydrogen) atoms. The Morgan fingerprint density at radius 2 is 2.10 bits per heavy atom. The van der Waals surface area contributed by atoms with Crippen LogP contribution in [0.2, 0.25) is 0 Å². The number of rotatable bonds is 6. The molecular weight excluding hydrogens is 266 g/mol. The molecule has 2 saturated heterocycles. The third-order valence-electron chi connectivity index (χ3n) is 4.19. The molecule has 0 saturated carbocycles. The molecule has 2 N–H and O–H groups in total. The predicted octanol–water partition coefficient (Wildman–Crippen LogP) is -1.70. The number of ether oxygens (including phenoxy) is 2. The van der Waals surface area contributed by atoms with Gasteiger partial charge in [0.05, 0.1) is 50.9 Å². The lowest BCUT2D eigenvalue weighted by molar-refractivity contribution is -0.146. The van der Waals surface area contributed by atoms with Crippen LogP contribution < -0.4 is 0 Å². The van der Waals surface area contributed by atoms with Gasteiger partial charge in [0.1, 0.15) is 5.60 Å². The number of aliphatic hydroxyl groups is 2. The van der Waals surface area contributed by atoms with Crippen molar-refractivity contribution in [2.45, 2.75) is 11.7 Å². The van der Waals surface area contributed by atoms with Crippen molar-refractivity contribution in [1.29, 1.82) is 0 Å². The van der Waals surface area contributed by atoms with Gasteiger partial charge in [0.25, 0.3) is 0 Å². The van der Waals surface area contributed by atoms with E-state index >= 15 is 0 Å². The molecule has 7 nitrogen and oxygen atoms in total. The number of amides is 2. The fourth-order valence-corrected chi connectivity index (χ4v) is 3.29. The first-order valence-corrected chi connectivity index (χ1v) is 6.66. The summed E-state index contributed by atoms with van der Waals surface area (Å²) in [7, 11) is 0. The maximum atomic E-state index is 12.4. The van der Waals surface area contributed by atoms with Crippen LogP contribution in [-0.2, 0) is 19.1 Å². The number of aliphatic hydroxyl groups excluding tert-OH is 2. The van der Waals surface area contributed by atoms with Gasteiger partial charge in [-0.15, -0.1) is 0 Å². The quantitative estimate of drug-likeness (QED) is 0.342. The van der Waals surface area contributed by atoms with E-state index in [1.807, 2.05) is 0 Å². The standard InChI is InChI=1S/C13H17NO6/c15-4-6-19-5-3-14-11(17)9-8-1-2-13(7-16,20-8)10(9)12(14)18/h1-2,8-10,15-16H,3-7H2. The van der Waals surface area contributed by atoms with Gasteiger partial charge in [-0.05, 0) is 0 Å². The summed E-state index contributed by atoms with van der Waals surface area (Å²) in [5.74, 6) is -1.74. The summed E-state index contributed by atoms with van der Waals surface area (Å²) >= 11 is 0. The van der Waals surface area contributed by atoms with E-state index in [9.17, 15) is 14.7 Å². The molecule has 0 aromatic carbocycles. The first-order valence-electron chi connectivity index (χ1n) is 6.66. The number of hydrogen-bond acceptors (Lipinski definition) is 6. The van der Waals surface area contributed by atoms with E-state index in [0.717, 1.165) is 0 Å². The molecule has 4 atom stereocenters. The van der Waals surface area contributed by atoms with Crippen molar-refractivity contribution in [3.63, 3.8) is 0 Å². The Morgan fingerprint density at radius 3 is 2.80 bits per heavy atom. The topological polar surface area (TPSA) is 96.3 Å². The van der Waals surface area contributed by atoms with Crippen LogP contribution in [0.25, 0.3) is 0 Å². The lowest BCUT2D eigenvalue weighted by atomic mass is 9.77. The van der Waals surface area contributed by atoms with Crippen molar-refractivity contribution in [3.05, 3.63) is 12.2 Å². The van der Waals surface area contributed by atoms with E-state index in [2.05, 4.69) is 0 Å². The molecule has 2 fully saturated rings. The van der Waals surface area contributed by atoms with Gasteiger partial charge in [-0.2, -0.15) is 0 Å². The number of carbonyl (C=O) groups excluding carboxylic acids is 2. The third kappa shape index (κ3) is 1.74. The van der Waals surface area contributed by atoms with E-state index in [1.54, 1.807) is 12.2 Å². The predicted molar refractivity (Wildman–Crippen MR) is 65.4 cm³/mol. The Morgan fingerprint density at radius 1 is 1.30 bits per heavy atom. The molecule has 0 aromatic rings. The van der Waals surface area contributed by atoms with Crippen LogP contribution in [0.1, 0.15) is 0 Å². The van der Waals surface area contributed by atoms with Gasteiger partial charge in [-0.25, -0.2) is 0 Å². The summed E-state index contributed by atoms with van der Waals surface area (Å²) in [5.41, 5.74) is -1.04. The summed E-state index contributed by atoms with van der Waals surface area (Å²) in [6.07, 6.45) is 3.01. The Hall–Kier alpha value is -1.28. The molecule has 110 valence electrons. The van der Waals surface area contributed by atoms with Gasteiger partial charge in [0.15, 0.2) is 0 Å². The minimum atomic E-state index is -1.04. The lowest BCUT2D eigenvalue weighted by Gasteiger charge is -2.26. The van der Waals surface area contributed by atoms with Crippen LogP contribution in [0.15, 0.2) is 12.2 Å². The van der Waals surface area contributed by atoms with Gasteiger partial charge in [-0.3, -0.25) is 14.5 Å². The van der Waals surface area contributed by atoms with E-state index in [0.29, 0.717) is 0 Å². The largest absolute Gasteiger partial charge is 0.394 e. The third-order valence-corrected chi connectivity index (χ3v) is 4.19. The van der Waals surface area contributed by atoms with Gasteiger partial charge >= 0.3 is 0 Å². The fourth-order valence-electron chi connectivity index (χ4n) is 3.29. The minimum absolute atomic E-state index is 0.0966. The zero-order valence-corrected chi connectivity index (χ0v) is 10.9. The number of imide groups is 1. The average Bonchev–Trinajstić information content (AvgIpc) is 3.09. The number of fused-ring (bicyclic) bond motifs is 5. The van der Waals surface area contributed by atoms with Crippen LogP contribution >= 0.6 is 0 Å². The normalized spacial score (nSPS) is 38.1. The molecule has 0 aromatic heterocycles. The molecule has 2 bridgehead atoms. The maximum absolute atomic E-state index is 12.4. The molecule has 3 rings (SSSR count). The minimum Gasteiger partial charge on any atom is -0.394 e. The summed E-state index contributed by atoms with van der Waals surface area (Å²) in [5, 5.41) is 18.1. The summed E-state index contributed by atoms with van der Waals surface area (Å²) in [6.45, 7) is 0.133. The van der Waals surface area contributed by atoms with E-state index in [-0.39, 0.29) is 44.8 Å². The van der Waals surface area contributed by atoms with Crippen molar-refractivity contribution < 1.29 is 29.3 Å². The molecule has 3 heterocycles. The molecule has 2 amide bonds. The molecule has 3 aliphatic rings. The maximum Gasteiger partial charge on any atom is 0.236 e. The van der Waals surface area contributed by atoms with Gasteiger partial charge in [-0.1, -0.05) is 12.2 Å². The highest BCUT2D eigenvalue weighted by Gasteiger charge is 2.67. The molecular formula is C13H17NO6. The number of likely N-dealkylation sites (tertiary alicyclic amines) is 1. The first-order chi connectivity index (χ1) is 9.64. The van der Waals surface area contributed by atoms with Crippen LogP contribution in [0, 0.1) is 11.8 Å². The lowest BCUT2D eigenvalue weighted by Crippen LogP contribution is -2.43. The Bertz CT molecular complexity index is 464. The number of hydrogen-bond donors (Lipinski definition) is 2. The molecule has 4 unspecified atom stereocenters. The highest BCUT2D eigenvalue weighted by Crippen LogP contribution is 2.51. The Kier molecular flexibility index (Phi) is 3.37. The van der Waals surface area contributed by atoms with Crippen molar-refractivity contribution in [2.75, 3.05) is 33.0 Å². The van der Waals surface area contributed by atoms with Crippen LogP contribution in [0.5, 0.6) is 0 Å². The fraction of sp³-hybridized carbons (Fsp3) is 0.692. The zero-order chi connectivity index (χ0) is 14.3. The second-order valence-corrected chi connectivity index (χ2v) is 5.22. The zero-order valence-electron chi connectivity index (χ0n) is 10.9. The summed E-state index contributed by atoms with van der Waals surface area (Å²) in [6, 6.07) is 0. The second kappa shape index (κ2) is 4.92. The molecule has 0 aliphatic carbocycles.